The minimum atomic E-state index is -3.52. The summed E-state index contributed by atoms with van der Waals surface area (Å²) in [5.41, 5.74) is 0. The van der Waals surface area contributed by atoms with Gasteiger partial charge in [0.25, 0.3) is 0 Å². The van der Waals surface area contributed by atoms with Gasteiger partial charge in [-0.15, -0.1) is 0 Å². The van der Waals surface area contributed by atoms with Crippen LogP contribution in [0.1, 0.15) is 27.7 Å². The molecule has 0 fully saturated rings. The number of ether oxygens (including phenoxy) is 2. The van der Waals surface area contributed by atoms with Crippen molar-refractivity contribution >= 4 is 19.9 Å². The van der Waals surface area contributed by atoms with Crippen LogP contribution in [0.15, 0.2) is 0 Å². The number of nitrogens with zero attached hydrogens (tertiary/aromatic N) is 1. The van der Waals surface area contributed by atoms with Crippen molar-refractivity contribution < 1.29 is 26.3 Å². The summed E-state index contributed by atoms with van der Waals surface area (Å²) in [6.45, 7) is 8.56. The fraction of sp³-hybridized carbons (Fsp3) is 1.00. The molecule has 0 aromatic rings. The molecule has 0 aliphatic rings. The number of nitrogens with one attached hydrogen (secondary N) is 1. The zero-order chi connectivity index (χ0) is 18.8. The van der Waals surface area contributed by atoms with Crippen LogP contribution in [-0.2, 0) is 29.3 Å². The minimum Gasteiger partial charge on any atom is -0.379 e. The molecule has 146 valence electrons. The van der Waals surface area contributed by atoms with Crippen molar-refractivity contribution in [1.29, 1.82) is 0 Å². The number of hydrogen-bond acceptors (Lipinski definition) is 7. The van der Waals surface area contributed by atoms with Gasteiger partial charge in [-0.3, -0.25) is 0 Å². The first-order valence-electron chi connectivity index (χ1n) is 8.02. The fourth-order valence-electron chi connectivity index (χ4n) is 1.46. The molecule has 0 aromatic carbocycles. The van der Waals surface area contributed by atoms with E-state index in [0.29, 0.717) is 19.2 Å². The van der Waals surface area contributed by atoms with Crippen molar-refractivity contribution in [2.24, 2.45) is 0 Å². The number of sulfone groups is 1. The first-order valence-corrected chi connectivity index (χ1v) is 11.4. The Labute approximate surface area is 146 Å². The predicted octanol–water partition coefficient (Wildman–Crippen LogP) is 0.0599. The average Bonchev–Trinajstić information content (AvgIpc) is 2.46. The Morgan fingerprint density at radius 3 is 2.12 bits per heavy atom. The molecule has 0 amide bonds. The van der Waals surface area contributed by atoms with E-state index < -0.39 is 31.0 Å². The second kappa shape index (κ2) is 11.4. The van der Waals surface area contributed by atoms with Gasteiger partial charge in [0.15, 0.2) is 15.8 Å². The van der Waals surface area contributed by atoms with E-state index in [0.717, 1.165) is 0 Å². The van der Waals surface area contributed by atoms with Crippen molar-refractivity contribution in [2.75, 3.05) is 51.6 Å². The van der Waals surface area contributed by atoms with E-state index in [9.17, 15) is 16.8 Å². The van der Waals surface area contributed by atoms with Crippen LogP contribution >= 0.6 is 0 Å². The standard InChI is InChI=1S/C14H32N2O6S2/c1-13(2)16(5)7-9-22-12-24(19,20)15-6-8-21-10-11-23(17,18)14(3)4/h13-15H,6-12H2,1-5H3. The lowest BCUT2D eigenvalue weighted by molar-refractivity contribution is 0.132. The Morgan fingerprint density at radius 1 is 0.958 bits per heavy atom. The van der Waals surface area contributed by atoms with Gasteiger partial charge in [0, 0.05) is 19.1 Å². The molecule has 0 aliphatic carbocycles. The van der Waals surface area contributed by atoms with Crippen LogP contribution in [-0.4, -0.2) is 84.7 Å². The Morgan fingerprint density at radius 2 is 1.58 bits per heavy atom. The second-order valence-electron chi connectivity index (χ2n) is 6.14. The van der Waals surface area contributed by atoms with E-state index in [2.05, 4.69) is 9.62 Å². The van der Waals surface area contributed by atoms with E-state index in [1.165, 1.54) is 0 Å². The maximum atomic E-state index is 11.7. The van der Waals surface area contributed by atoms with Crippen LogP contribution in [0.5, 0.6) is 0 Å². The molecule has 0 bridgehead atoms. The van der Waals surface area contributed by atoms with E-state index in [-0.39, 0.29) is 25.5 Å². The minimum absolute atomic E-state index is 0.0558. The van der Waals surface area contributed by atoms with Crippen LogP contribution in [0, 0.1) is 0 Å². The first kappa shape index (κ1) is 23.7. The fourth-order valence-corrected chi connectivity index (χ4v) is 3.10. The van der Waals surface area contributed by atoms with Gasteiger partial charge in [0.1, 0.15) is 0 Å². The van der Waals surface area contributed by atoms with Crippen molar-refractivity contribution in [3.63, 3.8) is 0 Å². The molecule has 0 unspecified atom stereocenters. The first-order chi connectivity index (χ1) is 11.0. The largest absolute Gasteiger partial charge is 0.379 e. The Balaban J connectivity index is 3.79. The average molecular weight is 389 g/mol. The summed E-state index contributed by atoms with van der Waals surface area (Å²) >= 11 is 0. The van der Waals surface area contributed by atoms with Crippen molar-refractivity contribution in [3.05, 3.63) is 0 Å². The second-order valence-corrected chi connectivity index (χ2v) is 10.6. The van der Waals surface area contributed by atoms with E-state index >= 15 is 0 Å². The summed E-state index contributed by atoms with van der Waals surface area (Å²) in [6, 6.07) is 0.375. The summed E-state index contributed by atoms with van der Waals surface area (Å²) in [5.74, 6) is -0.468. The zero-order valence-corrected chi connectivity index (χ0v) is 17.0. The summed E-state index contributed by atoms with van der Waals surface area (Å²) in [4.78, 5) is 2.05. The summed E-state index contributed by atoms with van der Waals surface area (Å²) in [5, 5.41) is -0.438. The lowest BCUT2D eigenvalue weighted by Gasteiger charge is -2.20. The molecular weight excluding hydrogens is 356 g/mol. The number of likely N-dealkylation sites (N-methyl/N-ethyl adjacent to an activating group) is 1. The molecule has 0 saturated carbocycles. The van der Waals surface area contributed by atoms with Crippen LogP contribution < -0.4 is 4.72 Å². The lowest BCUT2D eigenvalue weighted by Crippen LogP contribution is -2.33. The van der Waals surface area contributed by atoms with Gasteiger partial charge in [-0.05, 0) is 34.7 Å². The number of rotatable bonds is 14. The van der Waals surface area contributed by atoms with Crippen LogP contribution in [0.25, 0.3) is 0 Å². The molecule has 8 nitrogen and oxygen atoms in total. The lowest BCUT2D eigenvalue weighted by atomic mass is 10.3. The highest BCUT2D eigenvalue weighted by molar-refractivity contribution is 7.92. The van der Waals surface area contributed by atoms with Crippen molar-refractivity contribution in [3.8, 4) is 0 Å². The molecule has 24 heavy (non-hydrogen) atoms. The van der Waals surface area contributed by atoms with Crippen molar-refractivity contribution in [1.82, 2.24) is 9.62 Å². The van der Waals surface area contributed by atoms with Crippen LogP contribution in [0.4, 0.5) is 0 Å². The molecule has 1 N–H and O–H groups in total. The monoisotopic (exact) mass is 388 g/mol. The number of sulfonamides is 1. The van der Waals surface area contributed by atoms with E-state index in [1.54, 1.807) is 13.8 Å². The topological polar surface area (TPSA) is 102 Å². The van der Waals surface area contributed by atoms with Crippen LogP contribution in [0.2, 0.25) is 0 Å². The molecule has 10 heteroatoms. The molecule has 0 aliphatic heterocycles. The normalized spacial score (nSPS) is 13.3. The number of hydrogen-bond donors (Lipinski definition) is 1. The summed E-state index contributed by atoms with van der Waals surface area (Å²) in [6.07, 6.45) is 0. The Bertz CT molecular complexity index is 531. The summed E-state index contributed by atoms with van der Waals surface area (Å²) < 4.78 is 59.1. The van der Waals surface area contributed by atoms with Crippen molar-refractivity contribution in [2.45, 2.75) is 39.0 Å². The van der Waals surface area contributed by atoms with E-state index in [1.807, 2.05) is 20.9 Å². The maximum Gasteiger partial charge on any atom is 0.235 e. The zero-order valence-electron chi connectivity index (χ0n) is 15.3. The van der Waals surface area contributed by atoms with Gasteiger partial charge in [-0.25, -0.2) is 21.6 Å². The summed E-state index contributed by atoms with van der Waals surface area (Å²) in [7, 11) is -4.71. The Kier molecular flexibility index (Phi) is 11.3. The third-order valence-corrected chi connectivity index (χ3v) is 6.80. The molecular formula is C14H32N2O6S2. The van der Waals surface area contributed by atoms with Gasteiger partial charge in [0.2, 0.25) is 10.0 Å². The molecule has 0 aromatic heterocycles. The predicted molar refractivity (Wildman–Crippen MR) is 95.2 cm³/mol. The van der Waals surface area contributed by atoms with E-state index in [4.69, 9.17) is 9.47 Å². The molecule has 0 rings (SSSR count). The quantitative estimate of drug-likeness (QED) is 0.420. The van der Waals surface area contributed by atoms with Gasteiger partial charge in [-0.2, -0.15) is 0 Å². The molecule has 0 spiro atoms. The Hall–Kier alpha value is -0.260. The van der Waals surface area contributed by atoms with Crippen LogP contribution in [0.3, 0.4) is 0 Å². The molecule has 0 heterocycles. The molecule has 0 radical (unpaired) electrons. The smallest absolute Gasteiger partial charge is 0.235 e. The van der Waals surface area contributed by atoms with Gasteiger partial charge >= 0.3 is 0 Å². The maximum absolute atomic E-state index is 11.7. The SMILES string of the molecule is CC(C)N(C)CCOCS(=O)(=O)NCCOCCS(=O)(=O)C(C)C. The van der Waals surface area contributed by atoms with Gasteiger partial charge < -0.3 is 14.4 Å². The molecule has 0 saturated heterocycles. The van der Waals surface area contributed by atoms with Gasteiger partial charge in [0.05, 0.1) is 30.8 Å². The van der Waals surface area contributed by atoms with Gasteiger partial charge in [-0.1, -0.05) is 0 Å². The highest BCUT2D eigenvalue weighted by Crippen LogP contribution is 2.00. The molecule has 0 atom stereocenters. The third kappa shape index (κ3) is 11.3. The highest BCUT2D eigenvalue weighted by atomic mass is 32.2. The third-order valence-electron chi connectivity index (χ3n) is 3.51. The highest BCUT2D eigenvalue weighted by Gasteiger charge is 2.15.